The van der Waals surface area contributed by atoms with Gasteiger partial charge in [0.15, 0.2) is 5.82 Å². The maximum absolute atomic E-state index is 12.9. The van der Waals surface area contributed by atoms with E-state index in [1.54, 1.807) is 30.4 Å². The molecule has 3 N–H and O–H groups in total. The molecule has 1 aliphatic heterocycles. The number of nitrogens with one attached hydrogen (secondary N) is 3. The second-order valence-corrected chi connectivity index (χ2v) is 8.38. The fourth-order valence-electron chi connectivity index (χ4n) is 4.28. The van der Waals surface area contributed by atoms with Gasteiger partial charge in [0.1, 0.15) is 5.69 Å². The first-order valence-corrected chi connectivity index (χ1v) is 11.1. The third-order valence-corrected chi connectivity index (χ3v) is 6.12. The fraction of sp³-hybridized carbons (Fsp3) is 0.250. The first-order chi connectivity index (χ1) is 16.5. The van der Waals surface area contributed by atoms with Crippen LogP contribution in [-0.4, -0.2) is 48.3 Å². The predicted molar refractivity (Wildman–Crippen MR) is 129 cm³/mol. The highest BCUT2D eigenvalue weighted by Crippen LogP contribution is 2.23. The lowest BCUT2D eigenvalue weighted by Crippen LogP contribution is -2.43. The van der Waals surface area contributed by atoms with E-state index >= 15 is 0 Å². The van der Waals surface area contributed by atoms with E-state index in [1.807, 2.05) is 42.5 Å². The van der Waals surface area contributed by atoms with E-state index in [0.29, 0.717) is 31.8 Å². The van der Waals surface area contributed by atoms with E-state index < -0.39 is 0 Å². The van der Waals surface area contributed by atoms with Crippen molar-refractivity contribution in [2.75, 3.05) is 18.4 Å². The van der Waals surface area contributed by atoms with Crippen LogP contribution in [0.1, 0.15) is 18.9 Å². The molecule has 0 radical (unpaired) electrons. The van der Waals surface area contributed by atoms with E-state index in [2.05, 4.69) is 20.4 Å². The van der Waals surface area contributed by atoms with Crippen molar-refractivity contribution in [1.29, 1.82) is 0 Å². The summed E-state index contributed by atoms with van der Waals surface area (Å²) in [6.07, 6.45) is 4.71. The molecule has 34 heavy (non-hydrogen) atoms. The summed E-state index contributed by atoms with van der Waals surface area (Å²) < 4.78 is 2.93. The molecule has 1 aliphatic rings. The summed E-state index contributed by atoms with van der Waals surface area (Å²) in [6.45, 7) is 0.903. The number of urea groups is 1. The lowest BCUT2D eigenvalue weighted by Gasteiger charge is -2.31. The Bertz CT molecular complexity index is 1410. The number of aromatic amines is 2. The summed E-state index contributed by atoms with van der Waals surface area (Å²) in [7, 11) is 1.65. The summed E-state index contributed by atoms with van der Waals surface area (Å²) >= 11 is 0. The average Bonchev–Trinajstić information content (AvgIpc) is 3.53. The van der Waals surface area contributed by atoms with Crippen molar-refractivity contribution >= 4 is 11.7 Å². The molecule has 1 fully saturated rings. The minimum Gasteiger partial charge on any atom is -0.361 e. The van der Waals surface area contributed by atoms with E-state index in [9.17, 15) is 14.4 Å². The zero-order valence-corrected chi connectivity index (χ0v) is 18.7. The Hall–Kier alpha value is -4.34. The molecule has 0 spiro atoms. The molecule has 10 heteroatoms. The average molecular weight is 460 g/mol. The fourth-order valence-corrected chi connectivity index (χ4v) is 4.28. The predicted octanol–water partition coefficient (Wildman–Crippen LogP) is 2.80. The number of H-pyrrole nitrogens is 2. The van der Waals surface area contributed by atoms with Crippen LogP contribution in [0, 0.1) is 0 Å². The normalized spacial score (nSPS) is 14.3. The molecule has 1 saturated heterocycles. The molecule has 0 atom stereocenters. The number of hydrogen-bond acceptors (Lipinski definition) is 4. The van der Waals surface area contributed by atoms with Gasteiger partial charge in [-0.2, -0.15) is 0 Å². The number of hydrogen-bond donors (Lipinski definition) is 3. The molecule has 3 aromatic heterocycles. The van der Waals surface area contributed by atoms with Gasteiger partial charge < -0.3 is 19.8 Å². The molecule has 4 heterocycles. The van der Waals surface area contributed by atoms with Gasteiger partial charge in [0.05, 0.1) is 6.04 Å². The Morgan fingerprint density at radius 3 is 2.53 bits per heavy atom. The number of rotatable bonds is 4. The number of carbonyl (C=O) groups is 1. The van der Waals surface area contributed by atoms with Crippen molar-refractivity contribution in [3.05, 3.63) is 81.8 Å². The Morgan fingerprint density at radius 2 is 1.82 bits per heavy atom. The summed E-state index contributed by atoms with van der Waals surface area (Å²) in [5.41, 5.74) is 2.18. The van der Waals surface area contributed by atoms with Gasteiger partial charge in [0, 0.05) is 49.4 Å². The van der Waals surface area contributed by atoms with Gasteiger partial charge in [-0.05, 0) is 31.0 Å². The Morgan fingerprint density at radius 1 is 1.06 bits per heavy atom. The molecule has 0 saturated carbocycles. The molecule has 1 aromatic carbocycles. The van der Waals surface area contributed by atoms with Crippen LogP contribution in [0.4, 0.5) is 10.5 Å². The number of aromatic nitrogens is 5. The zero-order valence-electron chi connectivity index (χ0n) is 18.7. The molecule has 10 nitrogen and oxygen atoms in total. The van der Waals surface area contributed by atoms with E-state index in [1.165, 1.54) is 9.25 Å². The monoisotopic (exact) mass is 459 g/mol. The minimum atomic E-state index is -0.335. The molecule has 2 amide bonds. The Kier molecular flexibility index (Phi) is 5.62. The standard InChI is InChI=1S/C24H25N7O3/c1-29-15-17(19-8-5-11-25-19)14-20(22(29)32)26-23(33)30-12-9-18(10-13-30)31-24(34)27-21(28-31)16-6-3-2-4-7-16/h2-8,11,14-15,18,25H,9-10,12-13H2,1H3,(H,26,33)(H,27,28,34). The Labute approximate surface area is 194 Å². The van der Waals surface area contributed by atoms with E-state index in [4.69, 9.17) is 0 Å². The van der Waals surface area contributed by atoms with Crippen LogP contribution >= 0.6 is 0 Å². The number of likely N-dealkylation sites (tertiary alicyclic amines) is 1. The van der Waals surface area contributed by atoms with Gasteiger partial charge in [0.25, 0.3) is 5.56 Å². The van der Waals surface area contributed by atoms with Crippen molar-refractivity contribution in [3.63, 3.8) is 0 Å². The van der Waals surface area contributed by atoms with Gasteiger partial charge in [0.2, 0.25) is 0 Å². The van der Waals surface area contributed by atoms with E-state index in [-0.39, 0.29) is 29.0 Å². The Balaban J connectivity index is 1.26. The summed E-state index contributed by atoms with van der Waals surface area (Å²) in [5, 5.41) is 7.24. The largest absolute Gasteiger partial charge is 0.361 e. The second kappa shape index (κ2) is 8.89. The number of carbonyl (C=O) groups excluding carboxylic acids is 1. The molecule has 0 aliphatic carbocycles. The van der Waals surface area contributed by atoms with Gasteiger partial charge in [-0.1, -0.05) is 30.3 Å². The molecule has 5 rings (SSSR count). The van der Waals surface area contributed by atoms with Crippen molar-refractivity contribution in [2.24, 2.45) is 7.05 Å². The lowest BCUT2D eigenvalue weighted by atomic mass is 10.1. The van der Waals surface area contributed by atoms with Gasteiger partial charge in [-0.15, -0.1) is 5.10 Å². The molecule has 0 bridgehead atoms. The first-order valence-electron chi connectivity index (χ1n) is 11.1. The summed E-state index contributed by atoms with van der Waals surface area (Å²) in [5.74, 6) is 0.531. The van der Waals surface area contributed by atoms with E-state index in [0.717, 1.165) is 16.8 Å². The number of amides is 2. The van der Waals surface area contributed by atoms with Gasteiger partial charge >= 0.3 is 11.7 Å². The van der Waals surface area contributed by atoms with Crippen molar-refractivity contribution in [3.8, 4) is 22.6 Å². The van der Waals surface area contributed by atoms with Gasteiger partial charge in [-0.3, -0.25) is 9.78 Å². The topological polar surface area (TPSA) is 121 Å². The van der Waals surface area contributed by atoms with Crippen LogP contribution in [0.2, 0.25) is 0 Å². The van der Waals surface area contributed by atoms with Gasteiger partial charge in [-0.25, -0.2) is 14.3 Å². The zero-order chi connectivity index (χ0) is 23.7. The minimum absolute atomic E-state index is 0.102. The molecule has 0 unspecified atom stereocenters. The molecule has 174 valence electrons. The maximum atomic E-state index is 12.9. The highest BCUT2D eigenvalue weighted by molar-refractivity contribution is 5.89. The van der Waals surface area contributed by atoms with Crippen LogP contribution in [-0.2, 0) is 7.05 Å². The lowest BCUT2D eigenvalue weighted by molar-refractivity contribution is 0.179. The number of aryl methyl sites for hydroxylation is 1. The number of anilines is 1. The molecular weight excluding hydrogens is 434 g/mol. The number of benzene rings is 1. The quantitative estimate of drug-likeness (QED) is 0.434. The summed E-state index contributed by atoms with van der Waals surface area (Å²) in [4.78, 5) is 45.5. The smallest absolute Gasteiger partial charge is 0.343 e. The van der Waals surface area contributed by atoms with Crippen molar-refractivity contribution in [1.82, 2.24) is 29.2 Å². The number of piperidine rings is 1. The van der Waals surface area contributed by atoms with Crippen molar-refractivity contribution < 1.29 is 4.79 Å². The number of pyridine rings is 1. The van der Waals surface area contributed by atoms with Crippen LogP contribution in [0.3, 0.4) is 0 Å². The third kappa shape index (κ3) is 4.17. The van der Waals surface area contributed by atoms with Crippen LogP contribution in [0.25, 0.3) is 22.6 Å². The number of nitrogens with zero attached hydrogens (tertiary/aromatic N) is 4. The van der Waals surface area contributed by atoms with Crippen LogP contribution in [0.15, 0.2) is 70.5 Å². The van der Waals surface area contributed by atoms with Crippen LogP contribution in [0.5, 0.6) is 0 Å². The third-order valence-electron chi connectivity index (χ3n) is 6.12. The highest BCUT2D eigenvalue weighted by atomic mass is 16.2. The molecular formula is C24H25N7O3. The SMILES string of the molecule is Cn1cc(-c2ccc[nH]2)cc(NC(=O)N2CCC(n3nc(-c4ccccc4)[nH]c3=O)CC2)c1=O. The van der Waals surface area contributed by atoms with Crippen molar-refractivity contribution in [2.45, 2.75) is 18.9 Å². The maximum Gasteiger partial charge on any atom is 0.343 e. The molecule has 4 aromatic rings. The highest BCUT2D eigenvalue weighted by Gasteiger charge is 2.26. The van der Waals surface area contributed by atoms with Crippen LogP contribution < -0.4 is 16.6 Å². The first kappa shape index (κ1) is 21.5. The summed E-state index contributed by atoms with van der Waals surface area (Å²) in [6, 6.07) is 14.5. The second-order valence-electron chi connectivity index (χ2n) is 8.38.